The van der Waals surface area contributed by atoms with Gasteiger partial charge in [0.15, 0.2) is 0 Å². The molecule has 6 heteroatoms. The predicted octanol–water partition coefficient (Wildman–Crippen LogP) is 4.14. The molecule has 0 bridgehead atoms. The first-order chi connectivity index (χ1) is 11.6. The van der Waals surface area contributed by atoms with E-state index >= 15 is 0 Å². The van der Waals surface area contributed by atoms with Gasteiger partial charge >= 0.3 is 0 Å². The van der Waals surface area contributed by atoms with E-state index in [0.29, 0.717) is 11.6 Å². The molecule has 0 unspecified atom stereocenters. The second kappa shape index (κ2) is 8.01. The van der Waals surface area contributed by atoms with E-state index in [-0.39, 0.29) is 29.7 Å². The highest BCUT2D eigenvalue weighted by molar-refractivity contribution is 6.30. The van der Waals surface area contributed by atoms with Crippen LogP contribution in [0, 0.1) is 5.41 Å². The molecule has 3 rings (SSSR count). The second-order valence-electron chi connectivity index (χ2n) is 5.40. The fraction of sp³-hybridized carbons (Fsp3) is 0.0526. The van der Waals surface area contributed by atoms with Crippen LogP contribution in [0.1, 0.15) is 11.1 Å². The summed E-state index contributed by atoms with van der Waals surface area (Å²) < 4.78 is 0. The van der Waals surface area contributed by atoms with Gasteiger partial charge in [-0.25, -0.2) is 0 Å². The maximum Gasteiger partial charge on any atom is 0.262 e. The van der Waals surface area contributed by atoms with Crippen LogP contribution in [0.25, 0.3) is 12.2 Å². The summed E-state index contributed by atoms with van der Waals surface area (Å²) in [4.78, 5) is 14.6. The SMILES string of the molecule is Cl.N=C(N)C(=Cc1ccc(Cl)cc1)C(=O)N1CC=Cc2ccccc21. The number of anilines is 1. The van der Waals surface area contributed by atoms with Gasteiger partial charge in [-0.05, 0) is 35.4 Å². The molecule has 0 atom stereocenters. The third kappa shape index (κ3) is 4.10. The van der Waals surface area contributed by atoms with Gasteiger partial charge in [0.2, 0.25) is 0 Å². The lowest BCUT2D eigenvalue weighted by Crippen LogP contribution is -2.37. The topological polar surface area (TPSA) is 70.2 Å². The molecule has 0 saturated carbocycles. The van der Waals surface area contributed by atoms with Gasteiger partial charge in [-0.1, -0.05) is 54.1 Å². The molecule has 4 nitrogen and oxygen atoms in total. The van der Waals surface area contributed by atoms with Crippen LogP contribution in [0.4, 0.5) is 5.69 Å². The quantitative estimate of drug-likeness (QED) is 0.482. The zero-order chi connectivity index (χ0) is 17.1. The van der Waals surface area contributed by atoms with Crippen molar-refractivity contribution in [2.24, 2.45) is 5.73 Å². The number of fused-ring (bicyclic) bond motifs is 1. The predicted molar refractivity (Wildman–Crippen MR) is 106 cm³/mol. The van der Waals surface area contributed by atoms with Crippen molar-refractivity contribution in [3.63, 3.8) is 0 Å². The molecule has 1 aliphatic rings. The molecule has 0 spiro atoms. The Kier molecular flexibility index (Phi) is 6.02. The van der Waals surface area contributed by atoms with E-state index in [1.165, 1.54) is 0 Å². The number of hydrogen-bond acceptors (Lipinski definition) is 2. The smallest absolute Gasteiger partial charge is 0.262 e. The number of nitrogens with two attached hydrogens (primary N) is 1. The van der Waals surface area contributed by atoms with Crippen LogP contribution in [0.15, 0.2) is 60.2 Å². The van der Waals surface area contributed by atoms with Gasteiger partial charge in [-0.3, -0.25) is 10.2 Å². The van der Waals surface area contributed by atoms with Crippen LogP contribution in [0.5, 0.6) is 0 Å². The number of rotatable bonds is 3. The number of carbonyl (C=O) groups is 1. The van der Waals surface area contributed by atoms with Gasteiger partial charge < -0.3 is 10.6 Å². The monoisotopic (exact) mass is 373 g/mol. The van der Waals surface area contributed by atoms with Crippen LogP contribution >= 0.6 is 24.0 Å². The lowest BCUT2D eigenvalue weighted by molar-refractivity contribution is -0.114. The van der Waals surface area contributed by atoms with E-state index in [9.17, 15) is 4.79 Å². The summed E-state index contributed by atoms with van der Waals surface area (Å²) in [7, 11) is 0. The van der Waals surface area contributed by atoms with Crippen molar-refractivity contribution >= 4 is 53.6 Å². The fourth-order valence-corrected chi connectivity index (χ4v) is 2.70. The van der Waals surface area contributed by atoms with Crippen molar-refractivity contribution in [3.05, 3.63) is 76.3 Å². The van der Waals surface area contributed by atoms with Gasteiger partial charge in [-0.2, -0.15) is 0 Å². The zero-order valence-corrected chi connectivity index (χ0v) is 14.8. The molecular formula is C19H17Cl2N3O. The molecule has 0 aromatic heterocycles. The lowest BCUT2D eigenvalue weighted by atomic mass is 10.0. The normalized spacial score (nSPS) is 13.0. The van der Waals surface area contributed by atoms with E-state index in [1.54, 1.807) is 35.2 Å². The highest BCUT2D eigenvalue weighted by Crippen LogP contribution is 2.27. The van der Waals surface area contributed by atoms with Crippen LogP contribution in [0.2, 0.25) is 5.02 Å². The number of hydrogen-bond donors (Lipinski definition) is 2. The zero-order valence-electron chi connectivity index (χ0n) is 13.3. The fourth-order valence-electron chi connectivity index (χ4n) is 2.58. The van der Waals surface area contributed by atoms with Crippen molar-refractivity contribution in [1.29, 1.82) is 5.41 Å². The summed E-state index contributed by atoms with van der Waals surface area (Å²) in [5.41, 5.74) is 8.36. The number of para-hydroxylation sites is 1. The molecule has 1 amide bonds. The van der Waals surface area contributed by atoms with Gasteiger partial charge in [0, 0.05) is 11.6 Å². The van der Waals surface area contributed by atoms with Crippen molar-refractivity contribution in [2.45, 2.75) is 0 Å². The summed E-state index contributed by atoms with van der Waals surface area (Å²) in [6.45, 7) is 0.446. The minimum absolute atomic E-state index is 0. The number of benzene rings is 2. The maximum absolute atomic E-state index is 13.0. The Balaban J connectivity index is 0.00000225. The first-order valence-corrected chi connectivity index (χ1v) is 7.83. The van der Waals surface area contributed by atoms with E-state index in [1.807, 2.05) is 36.4 Å². The second-order valence-corrected chi connectivity index (χ2v) is 5.84. The standard InChI is InChI=1S/C19H16ClN3O.ClH/c20-15-9-7-13(8-10-15)12-16(18(21)22)19(24)23-11-3-5-14-4-1-2-6-17(14)23;/h1-10,12H,11H2,(H3,21,22);1H. The summed E-state index contributed by atoms with van der Waals surface area (Å²) in [5.74, 6) is -0.559. The van der Waals surface area contributed by atoms with Crippen LogP contribution in [-0.2, 0) is 4.79 Å². The Morgan fingerprint density at radius 3 is 2.52 bits per heavy atom. The van der Waals surface area contributed by atoms with Gasteiger partial charge in [0.25, 0.3) is 5.91 Å². The molecule has 0 radical (unpaired) electrons. The van der Waals surface area contributed by atoms with Gasteiger partial charge in [-0.15, -0.1) is 12.4 Å². The third-order valence-electron chi connectivity index (χ3n) is 3.76. The number of halogens is 2. The molecule has 0 saturated heterocycles. The van der Waals surface area contributed by atoms with Crippen molar-refractivity contribution < 1.29 is 4.79 Å². The summed E-state index contributed by atoms with van der Waals surface area (Å²) >= 11 is 5.88. The molecule has 1 aliphatic heterocycles. The van der Waals surface area contributed by atoms with Gasteiger partial charge in [0.1, 0.15) is 5.84 Å². The van der Waals surface area contributed by atoms with E-state index in [0.717, 1.165) is 16.8 Å². The number of carbonyl (C=O) groups excluding carboxylic acids is 1. The minimum Gasteiger partial charge on any atom is -0.384 e. The molecule has 2 aromatic carbocycles. The summed E-state index contributed by atoms with van der Waals surface area (Å²) in [6, 6.07) is 14.7. The summed E-state index contributed by atoms with van der Waals surface area (Å²) in [5, 5.41) is 8.40. The van der Waals surface area contributed by atoms with E-state index in [2.05, 4.69) is 0 Å². The molecule has 3 N–H and O–H groups in total. The average molecular weight is 374 g/mol. The van der Waals surface area contributed by atoms with E-state index in [4.69, 9.17) is 22.7 Å². The van der Waals surface area contributed by atoms with Crippen LogP contribution in [-0.4, -0.2) is 18.3 Å². The largest absolute Gasteiger partial charge is 0.384 e. The van der Waals surface area contributed by atoms with E-state index < -0.39 is 0 Å². The number of amides is 1. The Morgan fingerprint density at radius 2 is 1.84 bits per heavy atom. The minimum atomic E-state index is -0.297. The van der Waals surface area contributed by atoms with Crippen molar-refractivity contribution in [2.75, 3.05) is 11.4 Å². The molecule has 128 valence electrons. The van der Waals surface area contributed by atoms with Gasteiger partial charge in [0.05, 0.1) is 11.3 Å². The molecule has 1 heterocycles. The Morgan fingerprint density at radius 1 is 1.16 bits per heavy atom. The first-order valence-electron chi connectivity index (χ1n) is 7.45. The molecule has 0 aliphatic carbocycles. The number of nitrogens with one attached hydrogen (secondary N) is 1. The van der Waals surface area contributed by atoms with Crippen molar-refractivity contribution in [1.82, 2.24) is 0 Å². The molecule has 0 fully saturated rings. The average Bonchev–Trinajstić information content (AvgIpc) is 2.60. The molecular weight excluding hydrogens is 357 g/mol. The molecule has 2 aromatic rings. The highest BCUT2D eigenvalue weighted by atomic mass is 35.5. The van der Waals surface area contributed by atoms with Crippen LogP contribution < -0.4 is 10.6 Å². The van der Waals surface area contributed by atoms with Crippen LogP contribution in [0.3, 0.4) is 0 Å². The Bertz CT molecular complexity index is 857. The lowest BCUT2D eigenvalue weighted by Gasteiger charge is -2.27. The maximum atomic E-state index is 13.0. The van der Waals surface area contributed by atoms with Crippen molar-refractivity contribution in [3.8, 4) is 0 Å². The Labute approximate surface area is 157 Å². The highest BCUT2D eigenvalue weighted by Gasteiger charge is 2.24. The third-order valence-corrected chi connectivity index (χ3v) is 4.01. The Hall–Kier alpha value is -2.56. The first kappa shape index (κ1) is 18.8. The number of amidine groups is 1. The summed E-state index contributed by atoms with van der Waals surface area (Å²) in [6.07, 6.45) is 5.51. The number of nitrogens with zero attached hydrogens (tertiary/aromatic N) is 1. The molecule has 25 heavy (non-hydrogen) atoms.